The van der Waals surface area contributed by atoms with E-state index in [0.717, 1.165) is 59.7 Å². The smallest absolute Gasteiger partial charge is 0.123 e. The van der Waals surface area contributed by atoms with Crippen molar-refractivity contribution in [1.29, 1.82) is 0 Å². The van der Waals surface area contributed by atoms with Crippen molar-refractivity contribution in [3.8, 4) is 22.5 Å². The number of piperazine rings is 1. The van der Waals surface area contributed by atoms with Crippen molar-refractivity contribution in [3.63, 3.8) is 0 Å². The second-order valence-electron chi connectivity index (χ2n) is 7.40. The highest BCUT2D eigenvalue weighted by Gasteiger charge is 2.22. The van der Waals surface area contributed by atoms with Crippen LogP contribution in [0.3, 0.4) is 0 Å². The molecule has 1 aliphatic rings. The van der Waals surface area contributed by atoms with Crippen LogP contribution >= 0.6 is 0 Å². The average Bonchev–Trinajstić information content (AvgIpc) is 3.15. The van der Waals surface area contributed by atoms with Gasteiger partial charge < -0.3 is 20.5 Å². The number of fused-ring (bicyclic) bond motifs is 1. The monoisotopic (exact) mass is 385 g/mol. The van der Waals surface area contributed by atoms with Crippen LogP contribution < -0.4 is 10.6 Å². The number of rotatable bonds is 3. The summed E-state index contributed by atoms with van der Waals surface area (Å²) in [4.78, 5) is 21.9. The molecule has 7 nitrogen and oxygen atoms in total. The average molecular weight is 385 g/mol. The van der Waals surface area contributed by atoms with Crippen LogP contribution in [0, 0.1) is 0 Å². The van der Waals surface area contributed by atoms with Gasteiger partial charge in [-0.2, -0.15) is 0 Å². The van der Waals surface area contributed by atoms with Crippen molar-refractivity contribution in [3.05, 3.63) is 55.0 Å². The molecule has 7 heteroatoms. The number of nitrogens with two attached hydrogens (primary N) is 1. The quantitative estimate of drug-likeness (QED) is 0.564. The summed E-state index contributed by atoms with van der Waals surface area (Å²) < 4.78 is 0. The molecule has 5 rings (SSSR count). The van der Waals surface area contributed by atoms with Crippen LogP contribution in [-0.4, -0.2) is 58.1 Å². The third-order valence-electron chi connectivity index (χ3n) is 5.50. The fourth-order valence-corrected chi connectivity index (χ4v) is 3.96. The molecule has 4 aromatic heterocycles. The number of hydrogen-bond acceptors (Lipinski definition) is 6. The molecule has 0 unspecified atom stereocenters. The summed E-state index contributed by atoms with van der Waals surface area (Å²) in [6.07, 6.45) is 5.43. The molecular weight excluding hydrogens is 362 g/mol. The van der Waals surface area contributed by atoms with Crippen LogP contribution in [-0.2, 0) is 0 Å². The summed E-state index contributed by atoms with van der Waals surface area (Å²) in [7, 11) is 2.17. The van der Waals surface area contributed by atoms with Gasteiger partial charge in [-0.05, 0) is 37.4 Å². The maximum Gasteiger partial charge on any atom is 0.123 e. The minimum atomic E-state index is 0.486. The van der Waals surface area contributed by atoms with Gasteiger partial charge in [-0.1, -0.05) is 6.07 Å². The zero-order chi connectivity index (χ0) is 19.8. The Balaban J connectivity index is 1.74. The van der Waals surface area contributed by atoms with Crippen LogP contribution in [0.1, 0.15) is 0 Å². The summed E-state index contributed by atoms with van der Waals surface area (Å²) >= 11 is 0. The van der Waals surface area contributed by atoms with Crippen LogP contribution in [0.15, 0.2) is 55.0 Å². The van der Waals surface area contributed by atoms with E-state index in [1.54, 1.807) is 6.20 Å². The topological polar surface area (TPSA) is 87.0 Å². The SMILES string of the molecule is CN1CCN(c2ccnc3c(-c4ccccn4)c(-c4ccnc(N)c4)[nH]c23)CC1. The Morgan fingerprint density at radius 2 is 1.76 bits per heavy atom. The van der Waals surface area contributed by atoms with E-state index in [9.17, 15) is 0 Å². The normalized spacial score (nSPS) is 15.1. The third-order valence-corrected chi connectivity index (χ3v) is 5.50. The highest BCUT2D eigenvalue weighted by molar-refractivity contribution is 6.05. The van der Waals surface area contributed by atoms with Crippen molar-refractivity contribution >= 4 is 22.5 Å². The summed E-state index contributed by atoms with van der Waals surface area (Å²) in [5, 5.41) is 0. The zero-order valence-corrected chi connectivity index (χ0v) is 16.3. The van der Waals surface area contributed by atoms with Crippen molar-refractivity contribution in [2.45, 2.75) is 0 Å². The van der Waals surface area contributed by atoms with Crippen molar-refractivity contribution in [2.24, 2.45) is 0 Å². The number of likely N-dealkylation sites (N-methyl/N-ethyl adjacent to an activating group) is 1. The molecule has 1 saturated heterocycles. The minimum Gasteiger partial charge on any atom is -0.384 e. The second kappa shape index (κ2) is 7.18. The lowest BCUT2D eigenvalue weighted by molar-refractivity contribution is 0.313. The minimum absolute atomic E-state index is 0.486. The van der Waals surface area contributed by atoms with Gasteiger partial charge in [-0.25, -0.2) is 4.98 Å². The molecule has 0 spiro atoms. The summed E-state index contributed by atoms with van der Waals surface area (Å²) in [6.45, 7) is 4.08. The maximum atomic E-state index is 5.97. The fraction of sp³-hybridized carbons (Fsp3) is 0.227. The summed E-state index contributed by atoms with van der Waals surface area (Å²) in [5.41, 5.74) is 12.9. The van der Waals surface area contributed by atoms with Crippen LogP contribution in [0.4, 0.5) is 11.5 Å². The number of anilines is 2. The van der Waals surface area contributed by atoms with Gasteiger partial charge in [-0.15, -0.1) is 0 Å². The number of aromatic nitrogens is 4. The van der Waals surface area contributed by atoms with Crippen LogP contribution in [0.25, 0.3) is 33.5 Å². The predicted octanol–water partition coefficient (Wildman–Crippen LogP) is 3.02. The molecular formula is C22H23N7. The highest BCUT2D eigenvalue weighted by Crippen LogP contribution is 2.39. The molecule has 0 saturated carbocycles. The molecule has 0 amide bonds. The summed E-state index contributed by atoms with van der Waals surface area (Å²) in [6, 6.07) is 11.9. The largest absolute Gasteiger partial charge is 0.384 e. The first kappa shape index (κ1) is 17.6. The number of nitrogens with zero attached hydrogens (tertiary/aromatic N) is 5. The highest BCUT2D eigenvalue weighted by atomic mass is 15.3. The molecule has 29 heavy (non-hydrogen) atoms. The standard InChI is InChI=1S/C22H23N7/c1-28-10-12-29(13-11-28)17-6-9-26-22-19(16-4-2-3-7-24-16)20(27-21(17)22)15-5-8-25-18(23)14-15/h2-9,14,27H,10-13H2,1H3,(H2,23,25). The van der Waals surface area contributed by atoms with Crippen LogP contribution in [0.5, 0.6) is 0 Å². The van der Waals surface area contributed by atoms with Crippen molar-refractivity contribution in [2.75, 3.05) is 43.9 Å². The Bertz CT molecular complexity index is 1140. The number of aromatic amines is 1. The first-order chi connectivity index (χ1) is 14.2. The number of nitrogen functional groups attached to an aromatic ring is 1. The van der Waals surface area contributed by atoms with E-state index in [0.29, 0.717) is 5.82 Å². The van der Waals surface area contributed by atoms with Gasteiger partial charge in [0.25, 0.3) is 0 Å². The zero-order valence-electron chi connectivity index (χ0n) is 16.3. The molecule has 146 valence electrons. The maximum absolute atomic E-state index is 5.97. The molecule has 0 aromatic carbocycles. The lowest BCUT2D eigenvalue weighted by Crippen LogP contribution is -2.44. The van der Waals surface area contributed by atoms with Gasteiger partial charge in [0, 0.05) is 50.3 Å². The Morgan fingerprint density at radius 1 is 0.931 bits per heavy atom. The Hall–Kier alpha value is -3.45. The molecule has 1 aliphatic heterocycles. The van der Waals surface area contributed by atoms with E-state index in [1.165, 1.54) is 5.69 Å². The fourth-order valence-electron chi connectivity index (χ4n) is 3.96. The van der Waals surface area contributed by atoms with Crippen LogP contribution in [0.2, 0.25) is 0 Å². The van der Waals surface area contributed by atoms with Gasteiger partial charge >= 0.3 is 0 Å². The summed E-state index contributed by atoms with van der Waals surface area (Å²) in [5.74, 6) is 0.486. The molecule has 0 aliphatic carbocycles. The molecule has 4 aromatic rings. The lowest BCUT2D eigenvalue weighted by Gasteiger charge is -2.34. The van der Waals surface area contributed by atoms with E-state index in [1.807, 2.05) is 42.7 Å². The van der Waals surface area contributed by atoms with E-state index >= 15 is 0 Å². The van der Waals surface area contributed by atoms with Crippen molar-refractivity contribution < 1.29 is 0 Å². The Labute approximate surface area is 169 Å². The molecule has 1 fully saturated rings. The number of H-pyrrole nitrogens is 1. The second-order valence-corrected chi connectivity index (χ2v) is 7.40. The van der Waals surface area contributed by atoms with Crippen molar-refractivity contribution in [1.82, 2.24) is 24.8 Å². The van der Waals surface area contributed by atoms with E-state index in [2.05, 4.69) is 37.9 Å². The van der Waals surface area contributed by atoms with E-state index < -0.39 is 0 Å². The third kappa shape index (κ3) is 3.19. The number of nitrogens with one attached hydrogen (secondary N) is 1. The Morgan fingerprint density at radius 3 is 2.52 bits per heavy atom. The van der Waals surface area contributed by atoms with Gasteiger partial charge in [0.05, 0.1) is 28.2 Å². The first-order valence-electron chi connectivity index (χ1n) is 9.78. The van der Waals surface area contributed by atoms with Gasteiger partial charge in [0.15, 0.2) is 0 Å². The van der Waals surface area contributed by atoms with Gasteiger partial charge in [-0.3, -0.25) is 9.97 Å². The first-order valence-corrected chi connectivity index (χ1v) is 9.78. The number of pyridine rings is 3. The predicted molar refractivity (Wildman–Crippen MR) is 117 cm³/mol. The van der Waals surface area contributed by atoms with Gasteiger partial charge in [0.2, 0.25) is 0 Å². The molecule has 5 heterocycles. The van der Waals surface area contributed by atoms with E-state index in [4.69, 9.17) is 10.7 Å². The molecule has 0 radical (unpaired) electrons. The molecule has 0 atom stereocenters. The van der Waals surface area contributed by atoms with E-state index in [-0.39, 0.29) is 0 Å². The van der Waals surface area contributed by atoms with Gasteiger partial charge in [0.1, 0.15) is 11.3 Å². The molecule has 3 N–H and O–H groups in total. The molecule has 0 bridgehead atoms. The number of hydrogen-bond donors (Lipinski definition) is 2. The Kier molecular flexibility index (Phi) is 4.37. The lowest BCUT2D eigenvalue weighted by atomic mass is 10.0.